The molecule has 0 atom stereocenters. The number of nitrogens with one attached hydrogen (secondary N) is 2. The van der Waals surface area contributed by atoms with Crippen molar-refractivity contribution in [3.05, 3.63) is 44.2 Å². The lowest BCUT2D eigenvalue weighted by atomic mass is 9.95. The molecule has 1 heterocycles. The van der Waals surface area contributed by atoms with Gasteiger partial charge >= 0.3 is 17.8 Å². The number of benzene rings is 1. The number of amides is 2. The van der Waals surface area contributed by atoms with Gasteiger partial charge in [-0.05, 0) is 56.4 Å². The van der Waals surface area contributed by atoms with Crippen LogP contribution in [0.4, 0.5) is 5.00 Å². The highest BCUT2D eigenvalue weighted by Crippen LogP contribution is 2.38. The van der Waals surface area contributed by atoms with Crippen LogP contribution in [0.25, 0.3) is 0 Å². The molecule has 30 heavy (non-hydrogen) atoms. The van der Waals surface area contributed by atoms with E-state index in [9.17, 15) is 19.5 Å². The predicted octanol–water partition coefficient (Wildman–Crippen LogP) is 3.36. The van der Waals surface area contributed by atoms with Crippen LogP contribution in [0, 0.1) is 0 Å². The Morgan fingerprint density at radius 1 is 1.27 bits per heavy atom. The Morgan fingerprint density at radius 2 is 2.03 bits per heavy atom. The Bertz CT molecular complexity index is 1020. The van der Waals surface area contributed by atoms with E-state index in [1.54, 1.807) is 19.1 Å². The van der Waals surface area contributed by atoms with Crippen molar-refractivity contribution in [2.45, 2.75) is 32.6 Å². The maximum atomic E-state index is 12.4. The maximum absolute atomic E-state index is 12.4. The number of esters is 1. The Morgan fingerprint density at radius 3 is 2.80 bits per heavy atom. The maximum Gasteiger partial charge on any atom is 0.341 e. The molecular weight excluding hydrogens is 474 g/mol. The number of rotatable bonds is 5. The molecule has 2 amide bonds. The van der Waals surface area contributed by atoms with Crippen LogP contribution in [0.3, 0.4) is 0 Å². The summed E-state index contributed by atoms with van der Waals surface area (Å²) in [5.74, 6) is -2.48. The average molecular weight is 494 g/mol. The van der Waals surface area contributed by atoms with Gasteiger partial charge in [-0.3, -0.25) is 9.59 Å². The summed E-state index contributed by atoms with van der Waals surface area (Å²) in [5, 5.41) is 16.3. The molecule has 158 valence electrons. The molecule has 0 unspecified atom stereocenters. The molecule has 1 aliphatic rings. The summed E-state index contributed by atoms with van der Waals surface area (Å²) in [5.41, 5.74) is 3.70. The molecule has 1 aromatic heterocycles. The fraction of sp³-hybridized carbons (Fsp3) is 0.300. The van der Waals surface area contributed by atoms with E-state index in [1.165, 1.54) is 23.6 Å². The fourth-order valence-corrected chi connectivity index (χ4v) is 4.72. The first-order valence-corrected chi connectivity index (χ1v) is 11.0. The molecule has 0 aliphatic heterocycles. The summed E-state index contributed by atoms with van der Waals surface area (Å²) in [6.45, 7) is 1.93. The van der Waals surface area contributed by atoms with Crippen LogP contribution in [0.1, 0.15) is 46.1 Å². The van der Waals surface area contributed by atoms with Crippen molar-refractivity contribution in [3.8, 4) is 5.75 Å². The van der Waals surface area contributed by atoms with Crippen molar-refractivity contribution in [3.63, 3.8) is 0 Å². The third kappa shape index (κ3) is 5.06. The number of hydrazone groups is 1. The number of phenolic OH excluding ortho intramolecular Hbond substituents is 1. The highest BCUT2D eigenvalue weighted by molar-refractivity contribution is 9.10. The molecule has 0 saturated carbocycles. The van der Waals surface area contributed by atoms with E-state index < -0.39 is 17.8 Å². The first-order chi connectivity index (χ1) is 14.4. The molecule has 3 rings (SSSR count). The Hall–Kier alpha value is -2.72. The molecule has 8 nitrogen and oxygen atoms in total. The van der Waals surface area contributed by atoms with Crippen LogP contribution < -0.4 is 10.7 Å². The van der Waals surface area contributed by atoms with E-state index >= 15 is 0 Å². The summed E-state index contributed by atoms with van der Waals surface area (Å²) in [4.78, 5) is 37.9. The largest absolute Gasteiger partial charge is 0.507 e. The number of phenols is 1. The van der Waals surface area contributed by atoms with Gasteiger partial charge in [0.15, 0.2) is 0 Å². The first kappa shape index (κ1) is 22.0. The van der Waals surface area contributed by atoms with Crippen LogP contribution in [0.5, 0.6) is 5.75 Å². The SMILES string of the molecule is CCOC(=O)c1c(NC(=O)C(=O)NN=Cc2cc(Br)ccc2O)sc2c1CCCC2. The minimum Gasteiger partial charge on any atom is -0.507 e. The summed E-state index contributed by atoms with van der Waals surface area (Å²) >= 11 is 4.57. The molecule has 0 fully saturated rings. The lowest BCUT2D eigenvalue weighted by Gasteiger charge is -2.12. The Labute approximate surface area is 185 Å². The van der Waals surface area contributed by atoms with Gasteiger partial charge in [0, 0.05) is 14.9 Å². The Balaban J connectivity index is 1.71. The molecule has 2 aromatic rings. The second-order valence-electron chi connectivity index (χ2n) is 6.49. The lowest BCUT2D eigenvalue weighted by molar-refractivity contribution is -0.136. The van der Waals surface area contributed by atoms with Gasteiger partial charge in [-0.1, -0.05) is 15.9 Å². The van der Waals surface area contributed by atoms with Gasteiger partial charge in [0.05, 0.1) is 18.4 Å². The summed E-state index contributed by atoms with van der Waals surface area (Å²) < 4.78 is 5.86. The minimum atomic E-state index is -0.998. The number of carbonyl (C=O) groups is 3. The van der Waals surface area contributed by atoms with Crippen LogP contribution in [0.15, 0.2) is 27.8 Å². The number of halogens is 1. The lowest BCUT2D eigenvalue weighted by Crippen LogP contribution is -2.32. The summed E-state index contributed by atoms with van der Waals surface area (Å²) in [7, 11) is 0. The zero-order valence-corrected chi connectivity index (χ0v) is 18.6. The van der Waals surface area contributed by atoms with Crippen molar-refractivity contribution in [1.82, 2.24) is 5.43 Å². The van der Waals surface area contributed by atoms with Crippen LogP contribution in [0.2, 0.25) is 0 Å². The van der Waals surface area contributed by atoms with Crippen molar-refractivity contribution in [2.24, 2.45) is 5.10 Å². The van der Waals surface area contributed by atoms with E-state index in [2.05, 4.69) is 31.8 Å². The van der Waals surface area contributed by atoms with E-state index in [0.29, 0.717) is 16.1 Å². The number of hydrogen-bond acceptors (Lipinski definition) is 7. The number of hydrogen-bond donors (Lipinski definition) is 3. The monoisotopic (exact) mass is 493 g/mol. The molecule has 10 heteroatoms. The first-order valence-electron chi connectivity index (χ1n) is 9.35. The van der Waals surface area contributed by atoms with E-state index in [1.807, 2.05) is 0 Å². The predicted molar refractivity (Wildman–Crippen MR) is 117 cm³/mol. The molecule has 0 spiro atoms. The highest BCUT2D eigenvalue weighted by Gasteiger charge is 2.28. The van der Waals surface area contributed by atoms with Gasteiger partial charge < -0.3 is 15.2 Å². The van der Waals surface area contributed by atoms with Gasteiger partial charge in [-0.15, -0.1) is 11.3 Å². The van der Waals surface area contributed by atoms with Gasteiger partial charge in [-0.2, -0.15) is 5.10 Å². The highest BCUT2D eigenvalue weighted by atomic mass is 79.9. The molecule has 0 saturated heterocycles. The number of carbonyl (C=O) groups excluding carboxylic acids is 3. The van der Waals surface area contributed by atoms with Gasteiger partial charge in [0.25, 0.3) is 0 Å². The summed E-state index contributed by atoms with van der Waals surface area (Å²) in [6.07, 6.45) is 4.76. The van der Waals surface area contributed by atoms with Crippen molar-refractivity contribution in [1.29, 1.82) is 0 Å². The van der Waals surface area contributed by atoms with Gasteiger partial charge in [0.2, 0.25) is 0 Å². The average Bonchev–Trinajstić information content (AvgIpc) is 3.08. The number of thiophene rings is 1. The van der Waals surface area contributed by atoms with E-state index in [0.717, 1.165) is 40.6 Å². The van der Waals surface area contributed by atoms with Crippen molar-refractivity contribution >= 4 is 56.3 Å². The third-order valence-corrected chi connectivity index (χ3v) is 6.14. The quantitative estimate of drug-likeness (QED) is 0.255. The molecular formula is C20H20BrN3O5S. The fourth-order valence-electron chi connectivity index (χ4n) is 3.07. The number of aromatic hydroxyl groups is 1. The van der Waals surface area contributed by atoms with Crippen molar-refractivity contribution < 1.29 is 24.2 Å². The van der Waals surface area contributed by atoms with Crippen LogP contribution in [-0.2, 0) is 27.2 Å². The molecule has 0 bridgehead atoms. The molecule has 3 N–H and O–H groups in total. The number of ether oxygens (including phenoxy) is 1. The number of nitrogens with zero attached hydrogens (tertiary/aromatic N) is 1. The molecule has 1 aromatic carbocycles. The number of anilines is 1. The number of aryl methyl sites for hydroxylation is 1. The standard InChI is InChI=1S/C20H20BrN3O5S/c1-2-29-20(28)16-13-5-3-4-6-15(13)30-19(16)23-17(26)18(27)24-22-10-11-9-12(21)7-8-14(11)25/h7-10,25H,2-6H2,1H3,(H,23,26)(H,24,27). The topological polar surface area (TPSA) is 117 Å². The van der Waals surface area contributed by atoms with Crippen LogP contribution >= 0.6 is 27.3 Å². The zero-order valence-electron chi connectivity index (χ0n) is 16.2. The smallest absolute Gasteiger partial charge is 0.341 e. The number of fused-ring (bicyclic) bond motifs is 1. The third-order valence-electron chi connectivity index (χ3n) is 4.44. The molecule has 0 radical (unpaired) electrons. The normalized spacial score (nSPS) is 13.0. The molecule has 1 aliphatic carbocycles. The van der Waals surface area contributed by atoms with Crippen molar-refractivity contribution in [2.75, 3.05) is 11.9 Å². The zero-order chi connectivity index (χ0) is 21.7. The second-order valence-corrected chi connectivity index (χ2v) is 8.51. The van der Waals surface area contributed by atoms with Gasteiger partial charge in [-0.25, -0.2) is 10.2 Å². The minimum absolute atomic E-state index is 0.0242. The van der Waals surface area contributed by atoms with E-state index in [-0.39, 0.29) is 12.4 Å². The van der Waals surface area contributed by atoms with Crippen LogP contribution in [-0.4, -0.2) is 35.7 Å². The van der Waals surface area contributed by atoms with E-state index in [4.69, 9.17) is 4.74 Å². The van der Waals surface area contributed by atoms with Gasteiger partial charge in [0.1, 0.15) is 10.8 Å². The summed E-state index contributed by atoms with van der Waals surface area (Å²) in [6, 6.07) is 4.72. The Kier molecular flexibility index (Phi) is 7.22. The second kappa shape index (κ2) is 9.86.